The molecule has 0 amide bonds. The molecule has 3 aromatic rings. The van der Waals surface area contributed by atoms with Crippen LogP contribution in [0.3, 0.4) is 0 Å². The van der Waals surface area contributed by atoms with Gasteiger partial charge in [-0.1, -0.05) is 76.6 Å². The van der Waals surface area contributed by atoms with Crippen LogP contribution < -0.4 is 9.47 Å². The molecule has 0 bridgehead atoms. The van der Waals surface area contributed by atoms with E-state index in [1.54, 1.807) is 50.2 Å². The molecule has 0 saturated carbocycles. The highest BCUT2D eigenvalue weighted by molar-refractivity contribution is 5.92. The molecule has 0 aliphatic heterocycles. The van der Waals surface area contributed by atoms with Gasteiger partial charge in [0.25, 0.3) is 0 Å². The number of benzene rings is 3. The molecule has 11 heteroatoms. The lowest BCUT2D eigenvalue weighted by Gasteiger charge is -2.25. The Morgan fingerprint density at radius 3 is 1.88 bits per heavy atom. The van der Waals surface area contributed by atoms with Crippen molar-refractivity contribution in [3.05, 3.63) is 83.7 Å². The summed E-state index contributed by atoms with van der Waals surface area (Å²) in [6.07, 6.45) is -0.376. The van der Waals surface area contributed by atoms with Crippen LogP contribution in [-0.4, -0.2) is 42.9 Å². The van der Waals surface area contributed by atoms with Crippen LogP contribution in [-0.2, 0) is 14.3 Å². The fourth-order valence-electron chi connectivity index (χ4n) is 5.08. The van der Waals surface area contributed by atoms with Gasteiger partial charge in [-0.05, 0) is 67.3 Å². The third-order valence-electron chi connectivity index (χ3n) is 7.84. The van der Waals surface area contributed by atoms with Gasteiger partial charge in [0.2, 0.25) is 0 Å². The molecule has 0 saturated heterocycles. The molecule has 3 rings (SSSR count). The number of rotatable bonds is 19. The standard InChI is InChI=1S/C38H44F4O7/c1-4-7-8-9-10-11-12-13-35(43)47-30-20-18-27(19-21-30)26-14-16-28(17-15-26)36(44)48-31-22-23-32(33(39)24-31)37(45)49-34(38(40,41)42)25-29(5-2)46-6-3/h14-24,29,34H,4-13,25H2,1-3H3/t29?,34-/m1/s1. The van der Waals surface area contributed by atoms with Crippen LogP contribution in [0.2, 0.25) is 0 Å². The topological polar surface area (TPSA) is 88.1 Å². The van der Waals surface area contributed by atoms with Crippen molar-refractivity contribution in [3.63, 3.8) is 0 Å². The minimum Gasteiger partial charge on any atom is -0.449 e. The number of hydrogen-bond acceptors (Lipinski definition) is 7. The quantitative estimate of drug-likeness (QED) is 0.0536. The zero-order valence-corrected chi connectivity index (χ0v) is 28.2. The summed E-state index contributed by atoms with van der Waals surface area (Å²) in [4.78, 5) is 37.4. The van der Waals surface area contributed by atoms with Crippen molar-refractivity contribution in [2.75, 3.05) is 6.61 Å². The molecule has 1 unspecified atom stereocenters. The van der Waals surface area contributed by atoms with Gasteiger partial charge in [-0.25, -0.2) is 14.0 Å². The van der Waals surface area contributed by atoms with Gasteiger partial charge in [0.15, 0.2) is 6.10 Å². The van der Waals surface area contributed by atoms with E-state index in [1.165, 1.54) is 37.8 Å². The SMILES string of the molecule is CCCCCCCCCC(=O)Oc1ccc(-c2ccc(C(=O)Oc3ccc(C(=O)O[C@H](CC(CC)OCC)C(F)(F)F)c(F)c3)cc2)cc1. The second kappa shape index (κ2) is 19.7. The Morgan fingerprint density at radius 1 is 0.714 bits per heavy atom. The summed E-state index contributed by atoms with van der Waals surface area (Å²) in [5.41, 5.74) is 0.996. The van der Waals surface area contributed by atoms with Crippen LogP contribution in [0, 0.1) is 5.82 Å². The van der Waals surface area contributed by atoms with Crippen LogP contribution in [0.25, 0.3) is 11.1 Å². The third kappa shape index (κ3) is 12.9. The van der Waals surface area contributed by atoms with Crippen molar-refractivity contribution in [2.45, 2.75) is 103 Å². The highest BCUT2D eigenvalue weighted by atomic mass is 19.4. The normalized spacial score (nSPS) is 12.6. The van der Waals surface area contributed by atoms with Gasteiger partial charge in [0.05, 0.1) is 17.2 Å². The molecule has 0 aliphatic carbocycles. The Morgan fingerprint density at radius 2 is 1.31 bits per heavy atom. The van der Waals surface area contributed by atoms with E-state index in [0.717, 1.165) is 48.6 Å². The maximum Gasteiger partial charge on any atom is 0.425 e. The predicted molar refractivity (Wildman–Crippen MR) is 177 cm³/mol. The molecule has 49 heavy (non-hydrogen) atoms. The Bertz CT molecular complexity index is 1490. The Balaban J connectivity index is 1.54. The summed E-state index contributed by atoms with van der Waals surface area (Å²) in [5.74, 6) is -3.62. The largest absolute Gasteiger partial charge is 0.449 e. The molecular formula is C38H44F4O7. The molecule has 0 heterocycles. The number of carbonyl (C=O) groups is 3. The fourth-order valence-corrected chi connectivity index (χ4v) is 5.08. The van der Waals surface area contributed by atoms with Gasteiger partial charge in [-0.15, -0.1) is 0 Å². The molecule has 0 radical (unpaired) electrons. The van der Waals surface area contributed by atoms with E-state index in [-0.39, 0.29) is 30.3 Å². The van der Waals surface area contributed by atoms with E-state index in [4.69, 9.17) is 14.2 Å². The van der Waals surface area contributed by atoms with Crippen LogP contribution >= 0.6 is 0 Å². The van der Waals surface area contributed by atoms with E-state index in [2.05, 4.69) is 11.7 Å². The maximum atomic E-state index is 14.8. The van der Waals surface area contributed by atoms with E-state index in [1.807, 2.05) is 0 Å². The van der Waals surface area contributed by atoms with E-state index < -0.39 is 48.1 Å². The lowest BCUT2D eigenvalue weighted by Crippen LogP contribution is -2.37. The van der Waals surface area contributed by atoms with Crippen LogP contribution in [0.1, 0.15) is 106 Å². The number of halogens is 4. The molecule has 2 atom stereocenters. The van der Waals surface area contributed by atoms with Gasteiger partial charge < -0.3 is 18.9 Å². The molecule has 3 aromatic carbocycles. The third-order valence-corrected chi connectivity index (χ3v) is 7.84. The Labute approximate surface area is 284 Å². The van der Waals surface area contributed by atoms with Crippen LogP contribution in [0.15, 0.2) is 66.7 Å². The molecule has 0 spiro atoms. The predicted octanol–water partition coefficient (Wildman–Crippen LogP) is 10.1. The summed E-state index contributed by atoms with van der Waals surface area (Å²) in [7, 11) is 0. The highest BCUT2D eigenvalue weighted by Gasteiger charge is 2.44. The number of unbranched alkanes of at least 4 members (excludes halogenated alkanes) is 6. The molecule has 266 valence electrons. The fraction of sp³-hybridized carbons (Fsp3) is 0.447. The van der Waals surface area contributed by atoms with E-state index in [9.17, 15) is 31.9 Å². The summed E-state index contributed by atoms with van der Waals surface area (Å²) < 4.78 is 76.0. The van der Waals surface area contributed by atoms with Gasteiger partial charge in [-0.3, -0.25) is 4.79 Å². The molecule has 0 N–H and O–H groups in total. The second-order valence-corrected chi connectivity index (χ2v) is 11.6. The van der Waals surface area contributed by atoms with Gasteiger partial charge in [0, 0.05) is 25.5 Å². The Hall–Kier alpha value is -4.25. The average Bonchev–Trinajstić information content (AvgIpc) is 3.07. The van der Waals surface area contributed by atoms with Crippen LogP contribution in [0.5, 0.6) is 11.5 Å². The zero-order valence-electron chi connectivity index (χ0n) is 28.2. The molecule has 0 fully saturated rings. The van der Waals surface area contributed by atoms with Gasteiger partial charge >= 0.3 is 24.1 Å². The Kier molecular flexibility index (Phi) is 15.7. The highest BCUT2D eigenvalue weighted by Crippen LogP contribution is 2.30. The summed E-state index contributed by atoms with van der Waals surface area (Å²) in [6, 6.07) is 16.1. The van der Waals surface area contributed by atoms with Crippen molar-refractivity contribution >= 4 is 17.9 Å². The molecule has 7 nitrogen and oxygen atoms in total. The van der Waals surface area contributed by atoms with Crippen molar-refractivity contribution in [2.24, 2.45) is 0 Å². The van der Waals surface area contributed by atoms with Crippen molar-refractivity contribution in [3.8, 4) is 22.6 Å². The number of carbonyl (C=O) groups excluding carboxylic acids is 3. The minimum absolute atomic E-state index is 0.149. The first-order valence-corrected chi connectivity index (χ1v) is 16.8. The van der Waals surface area contributed by atoms with Crippen LogP contribution in [0.4, 0.5) is 17.6 Å². The monoisotopic (exact) mass is 688 g/mol. The number of esters is 3. The second-order valence-electron chi connectivity index (χ2n) is 11.6. The molecular weight excluding hydrogens is 644 g/mol. The molecule has 0 aliphatic rings. The van der Waals surface area contributed by atoms with Crippen molar-refractivity contribution in [1.29, 1.82) is 0 Å². The first kappa shape index (κ1) is 39.2. The summed E-state index contributed by atoms with van der Waals surface area (Å²) in [6.45, 7) is 5.64. The first-order chi connectivity index (χ1) is 23.4. The lowest BCUT2D eigenvalue weighted by atomic mass is 10.0. The average molecular weight is 689 g/mol. The zero-order chi connectivity index (χ0) is 35.8. The number of hydrogen-bond donors (Lipinski definition) is 0. The lowest BCUT2D eigenvalue weighted by molar-refractivity contribution is -0.213. The van der Waals surface area contributed by atoms with Crippen molar-refractivity contribution < 1.29 is 50.9 Å². The van der Waals surface area contributed by atoms with E-state index in [0.29, 0.717) is 12.2 Å². The number of ether oxygens (including phenoxy) is 4. The summed E-state index contributed by atoms with van der Waals surface area (Å²) >= 11 is 0. The van der Waals surface area contributed by atoms with Gasteiger partial charge in [-0.2, -0.15) is 13.2 Å². The molecule has 0 aromatic heterocycles. The minimum atomic E-state index is -4.88. The maximum absolute atomic E-state index is 14.8. The van der Waals surface area contributed by atoms with Gasteiger partial charge in [0.1, 0.15) is 17.3 Å². The first-order valence-electron chi connectivity index (χ1n) is 16.8. The number of alkyl halides is 3. The smallest absolute Gasteiger partial charge is 0.425 e. The summed E-state index contributed by atoms with van der Waals surface area (Å²) in [5, 5.41) is 0. The van der Waals surface area contributed by atoms with E-state index >= 15 is 0 Å². The van der Waals surface area contributed by atoms with Crippen molar-refractivity contribution in [1.82, 2.24) is 0 Å².